The van der Waals surface area contributed by atoms with Crippen LogP contribution >= 0.6 is 11.8 Å². The molecule has 0 aromatic heterocycles. The molecular formula is C16H13NS. The Morgan fingerprint density at radius 1 is 1.11 bits per heavy atom. The van der Waals surface area contributed by atoms with E-state index in [0.717, 1.165) is 16.2 Å². The quantitative estimate of drug-likeness (QED) is 0.696. The first-order valence-electron chi connectivity index (χ1n) is 6.05. The van der Waals surface area contributed by atoms with Crippen LogP contribution in [0.2, 0.25) is 0 Å². The summed E-state index contributed by atoms with van der Waals surface area (Å²) in [7, 11) is 0. The van der Waals surface area contributed by atoms with Crippen molar-refractivity contribution in [3.8, 4) is 6.07 Å². The van der Waals surface area contributed by atoms with E-state index in [2.05, 4.69) is 43.3 Å². The molecule has 0 radical (unpaired) electrons. The minimum Gasteiger partial charge on any atom is -0.192 e. The van der Waals surface area contributed by atoms with Gasteiger partial charge in [0.25, 0.3) is 0 Å². The molecule has 0 saturated heterocycles. The van der Waals surface area contributed by atoms with Gasteiger partial charge in [0.1, 0.15) is 6.07 Å². The second kappa shape index (κ2) is 4.51. The Bertz CT molecular complexity index is 640. The Morgan fingerprint density at radius 2 is 1.89 bits per heavy atom. The van der Waals surface area contributed by atoms with Crippen LogP contribution in [-0.4, -0.2) is 0 Å². The number of hydrogen-bond donors (Lipinski definition) is 0. The average molecular weight is 251 g/mol. The third-order valence-corrected chi connectivity index (χ3v) is 4.73. The molecule has 2 heteroatoms. The predicted molar refractivity (Wildman–Crippen MR) is 74.7 cm³/mol. The van der Waals surface area contributed by atoms with Crippen molar-refractivity contribution < 1.29 is 0 Å². The van der Waals surface area contributed by atoms with E-state index < -0.39 is 0 Å². The minimum absolute atomic E-state index is 0.361. The topological polar surface area (TPSA) is 23.8 Å². The van der Waals surface area contributed by atoms with Crippen LogP contribution in [0.3, 0.4) is 0 Å². The maximum atomic E-state index is 9.23. The van der Waals surface area contributed by atoms with Crippen LogP contribution in [0, 0.1) is 11.3 Å². The van der Waals surface area contributed by atoms with Crippen LogP contribution in [0.25, 0.3) is 0 Å². The van der Waals surface area contributed by atoms with Gasteiger partial charge in [0, 0.05) is 16.6 Å². The summed E-state index contributed by atoms with van der Waals surface area (Å²) in [6.45, 7) is 2.23. The number of benzene rings is 2. The molecule has 1 nitrogen and oxygen atoms in total. The average Bonchev–Trinajstić information content (AvgIpc) is 2.57. The number of nitrogens with zero attached hydrogens (tertiary/aromatic N) is 1. The van der Waals surface area contributed by atoms with Crippen molar-refractivity contribution in [2.45, 2.75) is 23.5 Å². The SMILES string of the molecule is CC1c2ccccc2CSc2c(C#N)cccc21. The lowest BCUT2D eigenvalue weighted by Crippen LogP contribution is -1.99. The fourth-order valence-electron chi connectivity index (χ4n) is 2.55. The summed E-state index contributed by atoms with van der Waals surface area (Å²) in [4.78, 5) is 1.16. The highest BCUT2D eigenvalue weighted by Crippen LogP contribution is 2.41. The van der Waals surface area contributed by atoms with Crippen molar-refractivity contribution in [1.29, 1.82) is 5.26 Å². The van der Waals surface area contributed by atoms with Gasteiger partial charge < -0.3 is 0 Å². The summed E-state index contributed by atoms with van der Waals surface area (Å²) < 4.78 is 0. The lowest BCUT2D eigenvalue weighted by molar-refractivity contribution is 0.888. The lowest BCUT2D eigenvalue weighted by atomic mass is 9.89. The van der Waals surface area contributed by atoms with Crippen molar-refractivity contribution in [3.63, 3.8) is 0 Å². The van der Waals surface area contributed by atoms with Crippen molar-refractivity contribution >= 4 is 11.8 Å². The third-order valence-electron chi connectivity index (χ3n) is 3.53. The Balaban J connectivity index is 2.21. The van der Waals surface area contributed by atoms with E-state index in [1.807, 2.05) is 12.1 Å². The van der Waals surface area contributed by atoms with E-state index in [1.165, 1.54) is 16.7 Å². The number of rotatable bonds is 0. The molecule has 0 bridgehead atoms. The zero-order chi connectivity index (χ0) is 12.5. The summed E-state index contributed by atoms with van der Waals surface area (Å²) in [5.74, 6) is 1.31. The molecule has 0 fully saturated rings. The highest BCUT2D eigenvalue weighted by atomic mass is 32.2. The van der Waals surface area contributed by atoms with E-state index >= 15 is 0 Å². The Labute approximate surface area is 111 Å². The third kappa shape index (κ3) is 1.72. The standard InChI is InChI=1S/C16H13NS/c1-11-14-7-3-2-5-13(14)10-18-16-12(9-17)6-4-8-15(11)16/h2-8,11H,10H2,1H3. The molecule has 1 unspecified atom stereocenters. The maximum absolute atomic E-state index is 9.23. The van der Waals surface area contributed by atoms with Crippen molar-refractivity contribution in [1.82, 2.24) is 0 Å². The Hall–Kier alpha value is -1.72. The van der Waals surface area contributed by atoms with Crippen LogP contribution in [0.1, 0.15) is 35.1 Å². The second-order valence-corrected chi connectivity index (χ2v) is 5.53. The zero-order valence-electron chi connectivity index (χ0n) is 10.2. The molecule has 1 heterocycles. The van der Waals surface area contributed by atoms with Crippen LogP contribution < -0.4 is 0 Å². The van der Waals surface area contributed by atoms with Gasteiger partial charge in [0.15, 0.2) is 0 Å². The van der Waals surface area contributed by atoms with Gasteiger partial charge in [-0.15, -0.1) is 11.8 Å². The molecule has 88 valence electrons. The number of thioether (sulfide) groups is 1. The monoisotopic (exact) mass is 251 g/mol. The normalized spacial score (nSPS) is 17.2. The van der Waals surface area contributed by atoms with Crippen molar-refractivity contribution in [3.05, 3.63) is 64.7 Å². The smallest absolute Gasteiger partial charge is 0.100 e. The van der Waals surface area contributed by atoms with Crippen LogP contribution in [0.5, 0.6) is 0 Å². The molecule has 0 spiro atoms. The molecule has 0 N–H and O–H groups in total. The van der Waals surface area contributed by atoms with Crippen LogP contribution in [0.4, 0.5) is 0 Å². The molecule has 0 saturated carbocycles. The van der Waals surface area contributed by atoms with Crippen molar-refractivity contribution in [2.24, 2.45) is 0 Å². The highest BCUT2D eigenvalue weighted by molar-refractivity contribution is 7.98. The number of hydrogen-bond acceptors (Lipinski definition) is 2. The van der Waals surface area contributed by atoms with E-state index in [1.54, 1.807) is 11.8 Å². The molecule has 0 amide bonds. The van der Waals surface area contributed by atoms with E-state index in [9.17, 15) is 5.26 Å². The molecule has 18 heavy (non-hydrogen) atoms. The molecule has 0 aliphatic carbocycles. The number of fused-ring (bicyclic) bond motifs is 2. The molecule has 2 aromatic rings. The maximum Gasteiger partial charge on any atom is 0.100 e. The summed E-state index contributed by atoms with van der Waals surface area (Å²) in [5.41, 5.74) is 4.86. The molecule has 2 aromatic carbocycles. The molecule has 1 aliphatic rings. The van der Waals surface area contributed by atoms with Gasteiger partial charge in [-0.1, -0.05) is 43.3 Å². The number of nitriles is 1. The molecule has 3 rings (SSSR count). The Morgan fingerprint density at radius 3 is 2.72 bits per heavy atom. The first-order chi connectivity index (χ1) is 8.81. The Kier molecular flexibility index (Phi) is 2.85. The predicted octanol–water partition coefficient (Wildman–Crippen LogP) is 4.32. The summed E-state index contributed by atoms with van der Waals surface area (Å²) >= 11 is 1.78. The van der Waals surface area contributed by atoms with E-state index in [0.29, 0.717) is 5.92 Å². The van der Waals surface area contributed by atoms with Gasteiger partial charge in [-0.05, 0) is 22.8 Å². The summed E-state index contributed by atoms with van der Waals surface area (Å²) in [5, 5.41) is 9.23. The van der Waals surface area contributed by atoms with Gasteiger partial charge in [-0.2, -0.15) is 5.26 Å². The van der Waals surface area contributed by atoms with Gasteiger partial charge in [0.05, 0.1) is 5.56 Å². The fourth-order valence-corrected chi connectivity index (χ4v) is 3.79. The first kappa shape index (κ1) is 11.4. The fraction of sp³-hybridized carbons (Fsp3) is 0.188. The largest absolute Gasteiger partial charge is 0.192 e. The van der Waals surface area contributed by atoms with Crippen LogP contribution in [0.15, 0.2) is 47.4 Å². The van der Waals surface area contributed by atoms with Crippen LogP contribution in [-0.2, 0) is 5.75 Å². The summed E-state index contributed by atoms with van der Waals surface area (Å²) in [6.07, 6.45) is 0. The van der Waals surface area contributed by atoms with Crippen molar-refractivity contribution in [2.75, 3.05) is 0 Å². The molecular weight excluding hydrogens is 238 g/mol. The van der Waals surface area contributed by atoms with E-state index in [-0.39, 0.29) is 0 Å². The highest BCUT2D eigenvalue weighted by Gasteiger charge is 2.21. The van der Waals surface area contributed by atoms with Gasteiger partial charge in [-0.3, -0.25) is 0 Å². The summed E-state index contributed by atoms with van der Waals surface area (Å²) in [6, 6.07) is 16.9. The van der Waals surface area contributed by atoms with Gasteiger partial charge in [0.2, 0.25) is 0 Å². The van der Waals surface area contributed by atoms with E-state index in [4.69, 9.17) is 0 Å². The zero-order valence-corrected chi connectivity index (χ0v) is 11.0. The lowest BCUT2D eigenvalue weighted by Gasteiger charge is -2.15. The minimum atomic E-state index is 0.361. The first-order valence-corrected chi connectivity index (χ1v) is 7.03. The molecule has 1 atom stereocenters. The molecule has 1 aliphatic heterocycles. The van der Waals surface area contributed by atoms with Gasteiger partial charge >= 0.3 is 0 Å². The second-order valence-electron chi connectivity index (χ2n) is 4.54. The van der Waals surface area contributed by atoms with Gasteiger partial charge in [-0.25, -0.2) is 0 Å².